The zero-order chi connectivity index (χ0) is 15.4. The highest BCUT2D eigenvalue weighted by molar-refractivity contribution is 5.77. The van der Waals surface area contributed by atoms with E-state index in [0.29, 0.717) is 32.0 Å². The lowest BCUT2D eigenvalue weighted by Crippen LogP contribution is -2.38. The molecular formula is C14H17N5O3. The third kappa shape index (κ3) is 3.06. The lowest BCUT2D eigenvalue weighted by atomic mass is 10.1. The van der Waals surface area contributed by atoms with Crippen molar-refractivity contribution in [2.45, 2.75) is 19.5 Å². The molecule has 0 fully saturated rings. The summed E-state index contributed by atoms with van der Waals surface area (Å²) >= 11 is 0. The van der Waals surface area contributed by atoms with Gasteiger partial charge in [-0.2, -0.15) is 0 Å². The second-order valence-electron chi connectivity index (χ2n) is 4.96. The van der Waals surface area contributed by atoms with Crippen molar-refractivity contribution in [2.75, 3.05) is 25.6 Å². The third-order valence-corrected chi connectivity index (χ3v) is 3.51. The number of anilines is 1. The maximum absolute atomic E-state index is 11.9. The van der Waals surface area contributed by atoms with Gasteiger partial charge in [-0.15, -0.1) is 0 Å². The van der Waals surface area contributed by atoms with Gasteiger partial charge in [-0.05, 0) is 6.07 Å². The molecule has 1 N–H and O–H groups in total. The number of methoxy groups -OCH3 is 1. The number of fused-ring (bicyclic) bond motifs is 1. The molecule has 3 heterocycles. The first kappa shape index (κ1) is 14.5. The average Bonchev–Trinajstić information content (AvgIpc) is 2.96. The van der Waals surface area contributed by atoms with Crippen LogP contribution in [0, 0.1) is 0 Å². The first-order valence-corrected chi connectivity index (χ1v) is 7.02. The van der Waals surface area contributed by atoms with E-state index in [-0.39, 0.29) is 12.5 Å². The van der Waals surface area contributed by atoms with Gasteiger partial charge in [0.2, 0.25) is 11.9 Å². The summed E-state index contributed by atoms with van der Waals surface area (Å²) in [4.78, 5) is 21.9. The van der Waals surface area contributed by atoms with Gasteiger partial charge in [0.05, 0.1) is 13.1 Å². The number of rotatable bonds is 5. The number of hydrogen-bond donors (Lipinski definition) is 1. The molecule has 0 unspecified atom stereocenters. The highest BCUT2D eigenvalue weighted by Crippen LogP contribution is 2.23. The van der Waals surface area contributed by atoms with Crippen molar-refractivity contribution in [1.82, 2.24) is 20.0 Å². The van der Waals surface area contributed by atoms with Crippen LogP contribution in [0.25, 0.3) is 0 Å². The molecule has 0 aromatic carbocycles. The highest BCUT2D eigenvalue weighted by Gasteiger charge is 2.26. The van der Waals surface area contributed by atoms with Gasteiger partial charge in [-0.1, -0.05) is 5.16 Å². The molecular weight excluding hydrogens is 286 g/mol. The number of carbonyl (C=O) groups excluding carboxylic acids is 1. The smallest absolute Gasteiger partial charge is 0.248 e. The fraction of sp³-hybridized carbons (Fsp3) is 0.429. The van der Waals surface area contributed by atoms with Gasteiger partial charge in [0, 0.05) is 38.0 Å². The monoisotopic (exact) mass is 303 g/mol. The van der Waals surface area contributed by atoms with E-state index in [1.807, 2.05) is 0 Å². The Kier molecular flexibility index (Phi) is 4.29. The summed E-state index contributed by atoms with van der Waals surface area (Å²) in [5.74, 6) is 1.34. The Bertz CT molecular complexity index is 643. The molecule has 0 saturated heterocycles. The number of amides is 1. The molecule has 0 radical (unpaired) electrons. The van der Waals surface area contributed by atoms with Crippen LogP contribution in [0.1, 0.15) is 17.0 Å². The summed E-state index contributed by atoms with van der Waals surface area (Å²) in [5.41, 5.74) is 1.73. The Balaban J connectivity index is 1.68. The van der Waals surface area contributed by atoms with Gasteiger partial charge in [0.15, 0.2) is 0 Å². The van der Waals surface area contributed by atoms with Crippen molar-refractivity contribution in [1.29, 1.82) is 0 Å². The van der Waals surface area contributed by atoms with Gasteiger partial charge in [0.1, 0.15) is 18.1 Å². The minimum atomic E-state index is -0.0281. The number of nitrogens with one attached hydrogen (secondary N) is 1. The largest absolute Gasteiger partial charge is 0.375 e. The minimum Gasteiger partial charge on any atom is -0.375 e. The van der Waals surface area contributed by atoms with Gasteiger partial charge in [-0.3, -0.25) is 4.79 Å². The van der Waals surface area contributed by atoms with E-state index in [0.717, 1.165) is 17.0 Å². The standard InChI is InChI=1S/C14H17N5O3/c1-21-9-13(20)19-6-3-12-10(8-19)11(18-22-12)7-17-14-15-4-2-5-16-14/h2,4-5H,3,6-9H2,1H3,(H,15,16,17). The normalized spacial score (nSPS) is 13.8. The van der Waals surface area contributed by atoms with Crippen molar-refractivity contribution < 1.29 is 14.1 Å². The zero-order valence-electron chi connectivity index (χ0n) is 12.3. The van der Waals surface area contributed by atoms with Crippen molar-refractivity contribution in [3.63, 3.8) is 0 Å². The molecule has 8 heteroatoms. The quantitative estimate of drug-likeness (QED) is 0.864. The average molecular weight is 303 g/mol. The van der Waals surface area contributed by atoms with Crippen molar-refractivity contribution in [3.05, 3.63) is 35.5 Å². The molecule has 116 valence electrons. The molecule has 22 heavy (non-hydrogen) atoms. The van der Waals surface area contributed by atoms with Crippen LogP contribution in [0.2, 0.25) is 0 Å². The van der Waals surface area contributed by atoms with Crippen LogP contribution in [0.4, 0.5) is 5.95 Å². The van der Waals surface area contributed by atoms with E-state index in [2.05, 4.69) is 20.4 Å². The van der Waals surface area contributed by atoms with Crippen LogP contribution < -0.4 is 5.32 Å². The van der Waals surface area contributed by atoms with E-state index in [9.17, 15) is 4.79 Å². The first-order valence-electron chi connectivity index (χ1n) is 7.02. The predicted octanol–water partition coefficient (Wildman–Crippen LogP) is 0.608. The molecule has 0 atom stereocenters. The number of hydrogen-bond acceptors (Lipinski definition) is 7. The summed E-state index contributed by atoms with van der Waals surface area (Å²) in [7, 11) is 1.52. The molecule has 1 amide bonds. The molecule has 0 aliphatic carbocycles. The summed E-state index contributed by atoms with van der Waals surface area (Å²) in [5, 5.41) is 7.18. The van der Waals surface area contributed by atoms with Crippen LogP contribution in [-0.2, 0) is 29.0 Å². The van der Waals surface area contributed by atoms with E-state index >= 15 is 0 Å². The lowest BCUT2D eigenvalue weighted by molar-refractivity contribution is -0.136. The third-order valence-electron chi connectivity index (χ3n) is 3.51. The molecule has 1 aliphatic heterocycles. The maximum atomic E-state index is 11.9. The fourth-order valence-corrected chi connectivity index (χ4v) is 2.38. The second-order valence-corrected chi connectivity index (χ2v) is 4.96. The molecule has 2 aromatic heterocycles. The van der Waals surface area contributed by atoms with Crippen molar-refractivity contribution >= 4 is 11.9 Å². The SMILES string of the molecule is COCC(=O)N1CCc2onc(CNc3ncccn3)c2C1. The molecule has 2 aromatic rings. The van der Waals surface area contributed by atoms with Gasteiger partial charge in [0.25, 0.3) is 0 Å². The van der Waals surface area contributed by atoms with Crippen LogP contribution in [-0.4, -0.2) is 46.2 Å². The number of ether oxygens (including phenoxy) is 1. The molecule has 0 spiro atoms. The van der Waals surface area contributed by atoms with E-state index in [1.165, 1.54) is 7.11 Å². The van der Waals surface area contributed by atoms with Crippen LogP contribution >= 0.6 is 0 Å². The Hall–Kier alpha value is -2.48. The van der Waals surface area contributed by atoms with Crippen LogP contribution in [0.3, 0.4) is 0 Å². The van der Waals surface area contributed by atoms with Gasteiger partial charge in [-0.25, -0.2) is 9.97 Å². The number of aromatic nitrogens is 3. The molecule has 1 aliphatic rings. The van der Waals surface area contributed by atoms with E-state index in [4.69, 9.17) is 9.26 Å². The van der Waals surface area contributed by atoms with Crippen molar-refractivity contribution in [2.24, 2.45) is 0 Å². The fourth-order valence-electron chi connectivity index (χ4n) is 2.38. The summed E-state index contributed by atoms with van der Waals surface area (Å²) in [6.07, 6.45) is 4.00. The van der Waals surface area contributed by atoms with Crippen LogP contribution in [0.5, 0.6) is 0 Å². The Morgan fingerprint density at radius 1 is 1.45 bits per heavy atom. The minimum absolute atomic E-state index is 0.0281. The van der Waals surface area contributed by atoms with Gasteiger partial charge >= 0.3 is 0 Å². The molecule has 3 rings (SSSR count). The molecule has 8 nitrogen and oxygen atoms in total. The zero-order valence-corrected chi connectivity index (χ0v) is 12.3. The van der Waals surface area contributed by atoms with E-state index in [1.54, 1.807) is 23.4 Å². The maximum Gasteiger partial charge on any atom is 0.248 e. The number of carbonyl (C=O) groups is 1. The lowest BCUT2D eigenvalue weighted by Gasteiger charge is -2.26. The molecule has 0 bridgehead atoms. The van der Waals surface area contributed by atoms with E-state index < -0.39 is 0 Å². The van der Waals surface area contributed by atoms with Crippen molar-refractivity contribution in [3.8, 4) is 0 Å². The summed E-state index contributed by atoms with van der Waals surface area (Å²) in [6.45, 7) is 1.66. The predicted molar refractivity (Wildman–Crippen MR) is 76.9 cm³/mol. The Labute approximate surface area is 127 Å². The Morgan fingerprint density at radius 3 is 3.05 bits per heavy atom. The molecule has 0 saturated carbocycles. The van der Waals surface area contributed by atoms with Crippen LogP contribution in [0.15, 0.2) is 23.0 Å². The Morgan fingerprint density at radius 2 is 2.27 bits per heavy atom. The summed E-state index contributed by atoms with van der Waals surface area (Å²) in [6, 6.07) is 1.75. The highest BCUT2D eigenvalue weighted by atomic mass is 16.5. The first-order chi connectivity index (χ1) is 10.8. The second kappa shape index (κ2) is 6.52. The number of nitrogens with zero attached hydrogens (tertiary/aromatic N) is 4. The topological polar surface area (TPSA) is 93.4 Å². The van der Waals surface area contributed by atoms with Gasteiger partial charge < -0.3 is 19.5 Å². The summed E-state index contributed by atoms with van der Waals surface area (Å²) < 4.78 is 10.3.